The van der Waals surface area contributed by atoms with Crippen LogP contribution < -0.4 is 11.1 Å². The molecule has 0 spiro atoms. The SMILES string of the molecule is CCCNC(=O)C1COCCN1C(=O)C1CCCC1CN. The van der Waals surface area contributed by atoms with Gasteiger partial charge in [-0.15, -0.1) is 0 Å². The molecule has 3 unspecified atom stereocenters. The van der Waals surface area contributed by atoms with Gasteiger partial charge >= 0.3 is 0 Å². The van der Waals surface area contributed by atoms with Crippen molar-refractivity contribution in [2.75, 3.05) is 32.8 Å². The van der Waals surface area contributed by atoms with Gasteiger partial charge in [0.2, 0.25) is 11.8 Å². The Kier molecular flexibility index (Phi) is 5.99. The topological polar surface area (TPSA) is 84.7 Å². The Morgan fingerprint density at radius 2 is 2.19 bits per heavy atom. The van der Waals surface area contributed by atoms with Gasteiger partial charge in [0.05, 0.1) is 13.2 Å². The summed E-state index contributed by atoms with van der Waals surface area (Å²) in [5, 5.41) is 2.87. The maximum atomic E-state index is 12.8. The minimum atomic E-state index is -0.489. The molecular formula is C15H27N3O3. The predicted octanol–water partition coefficient (Wildman–Crippen LogP) is 0.115. The lowest BCUT2D eigenvalue weighted by molar-refractivity contribution is -0.152. The van der Waals surface area contributed by atoms with Crippen molar-refractivity contribution in [2.45, 2.75) is 38.6 Å². The van der Waals surface area contributed by atoms with Gasteiger partial charge in [0.25, 0.3) is 0 Å². The molecule has 1 saturated heterocycles. The highest BCUT2D eigenvalue weighted by Crippen LogP contribution is 2.33. The van der Waals surface area contributed by atoms with Crippen LogP contribution in [0, 0.1) is 11.8 Å². The average molecular weight is 297 g/mol. The summed E-state index contributed by atoms with van der Waals surface area (Å²) in [6, 6.07) is -0.489. The third-order valence-corrected chi connectivity index (χ3v) is 4.54. The quantitative estimate of drug-likeness (QED) is 0.754. The first-order chi connectivity index (χ1) is 10.2. The number of nitrogens with two attached hydrogens (primary N) is 1. The molecule has 120 valence electrons. The minimum absolute atomic E-state index is 0.0189. The molecule has 1 heterocycles. The van der Waals surface area contributed by atoms with Crippen LogP contribution in [0.15, 0.2) is 0 Å². The Bertz CT molecular complexity index is 375. The zero-order chi connectivity index (χ0) is 15.2. The molecule has 3 atom stereocenters. The Labute approximate surface area is 126 Å². The standard InChI is InChI=1S/C15H27N3O3/c1-2-6-17-14(19)13-10-21-8-7-18(13)15(20)12-5-3-4-11(12)9-16/h11-13H,2-10,16H2,1H3,(H,17,19). The van der Waals surface area contributed by atoms with Crippen LogP contribution in [0.3, 0.4) is 0 Å². The van der Waals surface area contributed by atoms with E-state index >= 15 is 0 Å². The first-order valence-corrected chi connectivity index (χ1v) is 8.05. The highest BCUT2D eigenvalue weighted by Gasteiger charge is 2.40. The third kappa shape index (κ3) is 3.74. The number of rotatable bonds is 5. The lowest BCUT2D eigenvalue weighted by Crippen LogP contribution is -2.57. The van der Waals surface area contributed by atoms with Gasteiger partial charge in [0.15, 0.2) is 0 Å². The molecule has 1 saturated carbocycles. The van der Waals surface area contributed by atoms with Gasteiger partial charge in [-0.05, 0) is 31.7 Å². The zero-order valence-corrected chi connectivity index (χ0v) is 12.8. The normalized spacial score (nSPS) is 29.4. The van der Waals surface area contributed by atoms with E-state index < -0.39 is 6.04 Å². The molecule has 3 N–H and O–H groups in total. The van der Waals surface area contributed by atoms with Crippen LogP contribution in [0.5, 0.6) is 0 Å². The minimum Gasteiger partial charge on any atom is -0.377 e. The van der Waals surface area contributed by atoms with E-state index in [1.807, 2.05) is 6.92 Å². The van der Waals surface area contributed by atoms with Gasteiger partial charge in [-0.3, -0.25) is 9.59 Å². The third-order valence-electron chi connectivity index (χ3n) is 4.54. The number of ether oxygens (including phenoxy) is 1. The van der Waals surface area contributed by atoms with Gasteiger partial charge in [0, 0.05) is 19.0 Å². The number of nitrogens with one attached hydrogen (secondary N) is 1. The summed E-state index contributed by atoms with van der Waals surface area (Å²) in [6.07, 6.45) is 3.84. The molecule has 0 aromatic carbocycles. The number of morpholine rings is 1. The number of hydrogen-bond acceptors (Lipinski definition) is 4. The fourth-order valence-electron chi connectivity index (χ4n) is 3.31. The maximum Gasteiger partial charge on any atom is 0.245 e. The second kappa shape index (κ2) is 7.75. The van der Waals surface area contributed by atoms with E-state index in [9.17, 15) is 9.59 Å². The number of carbonyl (C=O) groups is 2. The zero-order valence-electron chi connectivity index (χ0n) is 12.8. The van der Waals surface area contributed by atoms with Crippen molar-refractivity contribution in [3.8, 4) is 0 Å². The summed E-state index contributed by atoms with van der Waals surface area (Å²) in [4.78, 5) is 26.7. The number of nitrogens with zero attached hydrogens (tertiary/aromatic N) is 1. The lowest BCUT2D eigenvalue weighted by atomic mass is 9.94. The average Bonchev–Trinajstić information content (AvgIpc) is 3.00. The van der Waals surface area contributed by atoms with Crippen LogP contribution in [0.25, 0.3) is 0 Å². The van der Waals surface area contributed by atoms with E-state index in [2.05, 4.69) is 5.32 Å². The van der Waals surface area contributed by atoms with Crippen LogP contribution in [0.2, 0.25) is 0 Å². The van der Waals surface area contributed by atoms with Gasteiger partial charge < -0.3 is 20.7 Å². The lowest BCUT2D eigenvalue weighted by Gasteiger charge is -2.37. The Morgan fingerprint density at radius 3 is 2.90 bits per heavy atom. The fraction of sp³-hybridized carbons (Fsp3) is 0.867. The first kappa shape index (κ1) is 16.2. The maximum absolute atomic E-state index is 12.8. The van der Waals surface area contributed by atoms with Crippen molar-refractivity contribution < 1.29 is 14.3 Å². The molecule has 2 fully saturated rings. The van der Waals surface area contributed by atoms with Gasteiger partial charge in [-0.1, -0.05) is 13.3 Å². The van der Waals surface area contributed by atoms with Crippen LogP contribution in [0.1, 0.15) is 32.6 Å². The largest absolute Gasteiger partial charge is 0.377 e. The number of hydrogen-bond donors (Lipinski definition) is 2. The molecule has 0 aromatic heterocycles. The molecule has 1 aliphatic heterocycles. The Hall–Kier alpha value is -1.14. The molecule has 2 rings (SSSR count). The summed E-state index contributed by atoms with van der Waals surface area (Å²) in [5.74, 6) is 0.226. The van der Waals surface area contributed by atoms with Crippen molar-refractivity contribution in [1.29, 1.82) is 0 Å². The summed E-state index contributed by atoms with van der Waals surface area (Å²) in [5.41, 5.74) is 5.78. The molecular weight excluding hydrogens is 270 g/mol. The summed E-state index contributed by atoms with van der Waals surface area (Å²) in [7, 11) is 0. The van der Waals surface area contributed by atoms with E-state index in [-0.39, 0.29) is 23.7 Å². The molecule has 6 nitrogen and oxygen atoms in total. The van der Waals surface area contributed by atoms with E-state index in [4.69, 9.17) is 10.5 Å². The van der Waals surface area contributed by atoms with Crippen LogP contribution in [0.4, 0.5) is 0 Å². The van der Waals surface area contributed by atoms with Gasteiger partial charge in [-0.2, -0.15) is 0 Å². The van der Waals surface area contributed by atoms with Crippen LogP contribution in [-0.2, 0) is 14.3 Å². The van der Waals surface area contributed by atoms with Crippen molar-refractivity contribution in [3.63, 3.8) is 0 Å². The monoisotopic (exact) mass is 297 g/mol. The van der Waals surface area contributed by atoms with Crippen molar-refractivity contribution >= 4 is 11.8 Å². The fourth-order valence-corrected chi connectivity index (χ4v) is 3.31. The molecule has 0 aromatic rings. The molecule has 0 radical (unpaired) electrons. The second-order valence-corrected chi connectivity index (χ2v) is 5.95. The summed E-state index contributed by atoms with van der Waals surface area (Å²) in [6.45, 7) is 4.48. The highest BCUT2D eigenvalue weighted by atomic mass is 16.5. The second-order valence-electron chi connectivity index (χ2n) is 5.95. The smallest absolute Gasteiger partial charge is 0.245 e. The van der Waals surface area contributed by atoms with Gasteiger partial charge in [-0.25, -0.2) is 0 Å². The molecule has 0 bridgehead atoms. The van der Waals surface area contributed by atoms with E-state index in [1.54, 1.807) is 4.90 Å². The van der Waals surface area contributed by atoms with Crippen molar-refractivity contribution in [2.24, 2.45) is 17.6 Å². The molecule has 2 amide bonds. The Balaban J connectivity index is 2.03. The van der Waals surface area contributed by atoms with E-state index in [0.717, 1.165) is 25.7 Å². The van der Waals surface area contributed by atoms with Crippen molar-refractivity contribution in [3.05, 3.63) is 0 Å². The first-order valence-electron chi connectivity index (χ1n) is 8.05. The van der Waals surface area contributed by atoms with Crippen LogP contribution >= 0.6 is 0 Å². The number of amides is 2. The van der Waals surface area contributed by atoms with Crippen molar-refractivity contribution in [1.82, 2.24) is 10.2 Å². The number of carbonyl (C=O) groups excluding carboxylic acids is 2. The van der Waals surface area contributed by atoms with E-state index in [0.29, 0.717) is 32.8 Å². The summed E-state index contributed by atoms with van der Waals surface area (Å²) >= 11 is 0. The predicted molar refractivity (Wildman–Crippen MR) is 79.5 cm³/mol. The molecule has 2 aliphatic rings. The van der Waals surface area contributed by atoms with Gasteiger partial charge in [0.1, 0.15) is 6.04 Å². The van der Waals surface area contributed by atoms with E-state index in [1.165, 1.54) is 0 Å². The Morgan fingerprint density at radius 1 is 1.38 bits per heavy atom. The highest BCUT2D eigenvalue weighted by molar-refractivity contribution is 5.89. The molecule has 6 heteroatoms. The molecule has 1 aliphatic carbocycles. The summed E-state index contributed by atoms with van der Waals surface area (Å²) < 4.78 is 5.40. The van der Waals surface area contributed by atoms with Crippen LogP contribution in [-0.4, -0.2) is 55.6 Å². The molecule has 21 heavy (non-hydrogen) atoms.